The fraction of sp³-hybridized carbons (Fsp3) is 0.684. The molecule has 0 saturated heterocycles. The van der Waals surface area contributed by atoms with Gasteiger partial charge in [0, 0.05) is 27.2 Å². The summed E-state index contributed by atoms with van der Waals surface area (Å²) in [6, 6.07) is -0.156. The Kier molecular flexibility index (Phi) is 9.35. The Morgan fingerprint density at radius 3 is 2.55 bits per heavy atom. The van der Waals surface area contributed by atoms with E-state index in [0.717, 1.165) is 5.01 Å². The van der Waals surface area contributed by atoms with Gasteiger partial charge in [0.25, 0.3) is 0 Å². The van der Waals surface area contributed by atoms with Gasteiger partial charge in [-0.2, -0.15) is 0 Å². The van der Waals surface area contributed by atoms with Crippen molar-refractivity contribution in [3.05, 3.63) is 15.6 Å². The number of nitrogens with one attached hydrogen (secondary N) is 2. The average molecular weight is 428 g/mol. The highest BCUT2D eigenvalue weighted by Gasteiger charge is 2.21. The topological polar surface area (TPSA) is 105 Å². The highest BCUT2D eigenvalue weighted by atomic mass is 32.1. The molecular weight excluding hydrogens is 394 g/mol. The molecule has 1 amide bonds. The molecule has 2 N–H and O–H groups in total. The van der Waals surface area contributed by atoms with E-state index in [2.05, 4.69) is 20.6 Å². The van der Waals surface area contributed by atoms with E-state index >= 15 is 0 Å². The molecule has 0 aliphatic rings. The minimum Gasteiger partial charge on any atom is -0.462 e. The Morgan fingerprint density at radius 2 is 2.00 bits per heavy atom. The molecule has 0 aliphatic carbocycles. The Hall–Kier alpha value is -2.36. The van der Waals surface area contributed by atoms with Crippen LogP contribution in [0.25, 0.3) is 0 Å². The maximum atomic E-state index is 12.0. The number of rotatable bonds is 7. The normalized spacial score (nSPS) is 12.9. The molecule has 0 spiro atoms. The Bertz CT molecular complexity index is 727. The fourth-order valence-electron chi connectivity index (χ4n) is 2.22. The number of esters is 1. The van der Waals surface area contributed by atoms with E-state index in [-0.39, 0.29) is 18.1 Å². The lowest BCUT2D eigenvalue weighted by molar-refractivity contribution is 0.0301. The van der Waals surface area contributed by atoms with E-state index < -0.39 is 5.60 Å². The molecule has 1 aromatic heterocycles. The molecule has 1 unspecified atom stereocenters. The van der Waals surface area contributed by atoms with Crippen molar-refractivity contribution < 1.29 is 19.1 Å². The first-order valence-corrected chi connectivity index (χ1v) is 10.4. The largest absolute Gasteiger partial charge is 0.462 e. The Morgan fingerprint density at radius 1 is 1.34 bits per heavy atom. The van der Waals surface area contributed by atoms with Crippen LogP contribution in [0.15, 0.2) is 4.99 Å². The summed E-state index contributed by atoms with van der Waals surface area (Å²) >= 11 is 1.31. The van der Waals surface area contributed by atoms with E-state index in [1.54, 1.807) is 27.9 Å². The van der Waals surface area contributed by atoms with E-state index in [1.807, 2.05) is 27.7 Å². The van der Waals surface area contributed by atoms with Gasteiger partial charge in [0.15, 0.2) is 5.96 Å². The first kappa shape index (κ1) is 24.7. The number of carbonyl (C=O) groups is 2. The van der Waals surface area contributed by atoms with Crippen LogP contribution in [-0.4, -0.2) is 67.3 Å². The summed E-state index contributed by atoms with van der Waals surface area (Å²) in [5.74, 6) is 0.217. The van der Waals surface area contributed by atoms with Crippen LogP contribution in [0.4, 0.5) is 4.79 Å². The quantitative estimate of drug-likeness (QED) is 0.391. The van der Waals surface area contributed by atoms with Crippen molar-refractivity contribution >= 4 is 29.4 Å². The van der Waals surface area contributed by atoms with Gasteiger partial charge in [-0.15, -0.1) is 11.3 Å². The molecule has 1 aromatic rings. The van der Waals surface area contributed by atoms with Crippen LogP contribution in [0.2, 0.25) is 0 Å². The number of guanidine groups is 1. The van der Waals surface area contributed by atoms with Crippen LogP contribution in [-0.2, 0) is 9.47 Å². The van der Waals surface area contributed by atoms with Gasteiger partial charge in [-0.1, -0.05) is 0 Å². The standard InChI is InChI=1S/C19H33N5O4S/c1-9-27-16(25)14-12(2)22-15(29-14)13(3)23-17(20-7)21-10-11-24(8)18(26)28-19(4,5)6/h13H,9-11H2,1-8H3,(H2,20,21,23). The van der Waals surface area contributed by atoms with Crippen LogP contribution in [0, 0.1) is 6.92 Å². The second kappa shape index (κ2) is 11.0. The fourth-order valence-corrected chi connectivity index (χ4v) is 3.19. The van der Waals surface area contributed by atoms with E-state index in [9.17, 15) is 9.59 Å². The lowest BCUT2D eigenvalue weighted by Gasteiger charge is -2.25. The number of hydrogen-bond acceptors (Lipinski definition) is 7. The number of ether oxygens (including phenoxy) is 2. The van der Waals surface area contributed by atoms with Gasteiger partial charge < -0.3 is 25.0 Å². The molecular formula is C19H33N5O4S. The highest BCUT2D eigenvalue weighted by molar-refractivity contribution is 7.13. The molecule has 0 fully saturated rings. The minimum atomic E-state index is -0.528. The van der Waals surface area contributed by atoms with Crippen LogP contribution in [0.3, 0.4) is 0 Å². The summed E-state index contributed by atoms with van der Waals surface area (Å²) in [6.45, 7) is 12.3. The second-order valence-corrected chi connectivity index (χ2v) is 8.48. The van der Waals surface area contributed by atoms with Crippen molar-refractivity contribution in [2.45, 2.75) is 53.2 Å². The summed E-state index contributed by atoms with van der Waals surface area (Å²) in [7, 11) is 3.35. The molecule has 0 radical (unpaired) electrons. The number of hydrogen-bond donors (Lipinski definition) is 2. The summed E-state index contributed by atoms with van der Waals surface area (Å²) in [5.41, 5.74) is 0.124. The van der Waals surface area contributed by atoms with E-state index in [1.165, 1.54) is 16.2 Å². The highest BCUT2D eigenvalue weighted by Crippen LogP contribution is 2.24. The van der Waals surface area contributed by atoms with Gasteiger partial charge in [0.2, 0.25) is 0 Å². The SMILES string of the molecule is CCOC(=O)c1sc(C(C)NC(=NC)NCCN(C)C(=O)OC(C)(C)C)nc1C. The molecule has 0 saturated carbocycles. The summed E-state index contributed by atoms with van der Waals surface area (Å²) in [4.78, 5) is 34.6. The van der Waals surface area contributed by atoms with Crippen LogP contribution < -0.4 is 10.6 Å². The Balaban J connectivity index is 2.58. The first-order chi connectivity index (χ1) is 13.5. The third kappa shape index (κ3) is 8.26. The molecule has 29 heavy (non-hydrogen) atoms. The number of aromatic nitrogens is 1. The van der Waals surface area contributed by atoms with Gasteiger partial charge in [-0.3, -0.25) is 4.99 Å². The smallest absolute Gasteiger partial charge is 0.410 e. The zero-order chi connectivity index (χ0) is 22.2. The number of likely N-dealkylation sites (N-methyl/N-ethyl adjacent to an activating group) is 1. The number of nitrogens with zero attached hydrogens (tertiary/aromatic N) is 3. The van der Waals surface area contributed by atoms with E-state index in [0.29, 0.717) is 36.2 Å². The van der Waals surface area contributed by atoms with Gasteiger partial charge in [0.05, 0.1) is 18.3 Å². The maximum absolute atomic E-state index is 12.0. The molecule has 10 heteroatoms. The molecule has 0 aromatic carbocycles. The third-order valence-corrected chi connectivity index (χ3v) is 4.99. The summed E-state index contributed by atoms with van der Waals surface area (Å²) in [5, 5.41) is 7.16. The summed E-state index contributed by atoms with van der Waals surface area (Å²) < 4.78 is 10.4. The third-order valence-electron chi connectivity index (χ3n) is 3.67. The lowest BCUT2D eigenvalue weighted by Crippen LogP contribution is -2.43. The lowest BCUT2D eigenvalue weighted by atomic mass is 10.2. The van der Waals surface area contributed by atoms with Crippen LogP contribution >= 0.6 is 11.3 Å². The van der Waals surface area contributed by atoms with Crippen molar-refractivity contribution in [2.75, 3.05) is 33.8 Å². The molecule has 1 heterocycles. The zero-order valence-corrected chi connectivity index (χ0v) is 19.4. The predicted octanol–water partition coefficient (Wildman–Crippen LogP) is 2.72. The number of aryl methyl sites for hydroxylation is 1. The molecule has 1 atom stereocenters. The van der Waals surface area contributed by atoms with E-state index in [4.69, 9.17) is 9.47 Å². The van der Waals surface area contributed by atoms with Gasteiger partial charge in [-0.05, 0) is 41.5 Å². The number of amides is 1. The Labute approximate surface area is 176 Å². The van der Waals surface area contributed by atoms with Gasteiger partial charge >= 0.3 is 12.1 Å². The summed E-state index contributed by atoms with van der Waals surface area (Å²) in [6.07, 6.45) is -0.375. The van der Waals surface area contributed by atoms with Gasteiger partial charge in [0.1, 0.15) is 15.5 Å². The predicted molar refractivity (Wildman–Crippen MR) is 115 cm³/mol. The molecule has 164 valence electrons. The van der Waals surface area contributed by atoms with Crippen molar-refractivity contribution in [1.82, 2.24) is 20.5 Å². The second-order valence-electron chi connectivity index (χ2n) is 7.45. The monoisotopic (exact) mass is 427 g/mol. The minimum absolute atomic E-state index is 0.156. The molecule has 0 aliphatic heterocycles. The number of carbonyl (C=O) groups excluding carboxylic acids is 2. The van der Waals surface area contributed by atoms with Crippen molar-refractivity contribution in [1.29, 1.82) is 0 Å². The van der Waals surface area contributed by atoms with Gasteiger partial charge in [-0.25, -0.2) is 14.6 Å². The van der Waals surface area contributed by atoms with Crippen molar-refractivity contribution in [3.8, 4) is 0 Å². The number of aliphatic imine (C=N–C) groups is 1. The molecule has 1 rings (SSSR count). The van der Waals surface area contributed by atoms with Crippen molar-refractivity contribution in [3.63, 3.8) is 0 Å². The average Bonchev–Trinajstić information content (AvgIpc) is 3.01. The maximum Gasteiger partial charge on any atom is 0.410 e. The van der Waals surface area contributed by atoms with Crippen molar-refractivity contribution in [2.24, 2.45) is 4.99 Å². The van der Waals surface area contributed by atoms with Crippen LogP contribution in [0.5, 0.6) is 0 Å². The van der Waals surface area contributed by atoms with Crippen LogP contribution in [0.1, 0.15) is 61.0 Å². The molecule has 9 nitrogen and oxygen atoms in total. The number of thiazole rings is 1. The zero-order valence-electron chi connectivity index (χ0n) is 18.6. The first-order valence-electron chi connectivity index (χ1n) is 9.54. The molecule has 0 bridgehead atoms.